The number of nitrogens with zero attached hydrogens (tertiary/aromatic N) is 2. The predicted octanol–water partition coefficient (Wildman–Crippen LogP) is 1.51. The first-order valence-electron chi connectivity index (χ1n) is 8.52. The molecule has 1 unspecified atom stereocenters. The molecule has 2 aromatic rings. The zero-order chi connectivity index (χ0) is 18.6. The topological polar surface area (TPSA) is 93.3 Å². The summed E-state index contributed by atoms with van der Waals surface area (Å²) >= 11 is 0. The number of unbranched alkanes of at least 4 members (excludes halogenated alkanes) is 2. The van der Waals surface area contributed by atoms with Crippen molar-refractivity contribution >= 4 is 22.5 Å². The molecule has 0 aliphatic rings. The first kappa shape index (κ1) is 18.9. The van der Waals surface area contributed by atoms with E-state index in [4.69, 9.17) is 0 Å². The Balaban J connectivity index is 2.16. The van der Waals surface area contributed by atoms with Crippen molar-refractivity contribution < 1.29 is 9.90 Å². The van der Waals surface area contributed by atoms with Crippen molar-refractivity contribution in [2.45, 2.75) is 45.1 Å². The molecule has 0 aliphatic heterocycles. The van der Waals surface area contributed by atoms with Crippen LogP contribution < -0.4 is 16.6 Å². The lowest BCUT2D eigenvalue weighted by atomic mass is 10.1. The van der Waals surface area contributed by atoms with E-state index in [0.29, 0.717) is 23.0 Å². The van der Waals surface area contributed by atoms with E-state index in [2.05, 4.69) is 12.2 Å². The Hall–Kier alpha value is -2.41. The smallest absolute Gasteiger partial charge is 0.330 e. The van der Waals surface area contributed by atoms with Gasteiger partial charge in [-0.05, 0) is 24.6 Å². The minimum absolute atomic E-state index is 0.0250. The number of benzene rings is 1. The van der Waals surface area contributed by atoms with Gasteiger partial charge in [0.15, 0.2) is 0 Å². The van der Waals surface area contributed by atoms with Gasteiger partial charge < -0.3 is 10.4 Å². The van der Waals surface area contributed by atoms with Crippen LogP contribution in [-0.4, -0.2) is 26.3 Å². The Bertz CT molecular complexity index is 882. The van der Waals surface area contributed by atoms with Crippen molar-refractivity contribution in [3.8, 4) is 0 Å². The van der Waals surface area contributed by atoms with Crippen LogP contribution in [0.25, 0.3) is 10.9 Å². The molecule has 2 N–H and O–H groups in total. The van der Waals surface area contributed by atoms with E-state index in [-0.39, 0.29) is 17.9 Å². The number of hydrogen-bond donors (Lipinski definition) is 2. The van der Waals surface area contributed by atoms with E-state index in [1.165, 1.54) is 11.6 Å². The van der Waals surface area contributed by atoms with Crippen LogP contribution in [-0.2, 0) is 18.9 Å². The Morgan fingerprint density at radius 3 is 2.60 bits per heavy atom. The van der Waals surface area contributed by atoms with Crippen molar-refractivity contribution in [2.75, 3.05) is 5.32 Å². The predicted molar refractivity (Wildman–Crippen MR) is 97.8 cm³/mol. The fourth-order valence-electron chi connectivity index (χ4n) is 2.82. The van der Waals surface area contributed by atoms with Gasteiger partial charge in [0.1, 0.15) is 0 Å². The molecule has 1 aromatic carbocycles. The van der Waals surface area contributed by atoms with Gasteiger partial charge in [-0.15, -0.1) is 0 Å². The zero-order valence-corrected chi connectivity index (χ0v) is 14.9. The molecule has 0 aliphatic carbocycles. The maximum atomic E-state index is 12.1. The summed E-state index contributed by atoms with van der Waals surface area (Å²) in [7, 11) is 3.01. The summed E-state index contributed by atoms with van der Waals surface area (Å²) in [4.78, 5) is 36.2. The number of carbonyl (C=O) groups is 1. The third-order valence-corrected chi connectivity index (χ3v) is 4.31. The summed E-state index contributed by atoms with van der Waals surface area (Å²) in [6.45, 7) is 2.08. The highest BCUT2D eigenvalue weighted by Gasteiger charge is 2.13. The highest BCUT2D eigenvalue weighted by molar-refractivity contribution is 5.93. The second-order valence-corrected chi connectivity index (χ2v) is 6.34. The SMILES string of the molecule is CCCCCC(O)CC(=O)Nc1ccc2c(=O)n(C)c(=O)n(C)c2c1. The first-order valence-corrected chi connectivity index (χ1v) is 8.52. The summed E-state index contributed by atoms with van der Waals surface area (Å²) in [5.41, 5.74) is 0.144. The second-order valence-electron chi connectivity index (χ2n) is 6.34. The molecule has 0 spiro atoms. The summed E-state index contributed by atoms with van der Waals surface area (Å²) in [6.07, 6.45) is 2.96. The number of amides is 1. The van der Waals surface area contributed by atoms with Crippen LogP contribution in [0.15, 0.2) is 27.8 Å². The molecule has 2 rings (SSSR count). The van der Waals surface area contributed by atoms with Crippen LogP contribution in [0.3, 0.4) is 0 Å². The number of carbonyl (C=O) groups excluding carboxylic acids is 1. The standard InChI is InChI=1S/C18H25N3O4/c1-4-5-6-7-13(22)11-16(23)19-12-8-9-14-15(10-12)20(2)18(25)21(3)17(14)24/h8-10,13,22H,4-7,11H2,1-3H3,(H,19,23). The molecule has 0 bridgehead atoms. The van der Waals surface area contributed by atoms with Gasteiger partial charge in [-0.1, -0.05) is 26.2 Å². The molecule has 7 heteroatoms. The molecule has 7 nitrogen and oxygen atoms in total. The quantitative estimate of drug-likeness (QED) is 0.743. The number of aryl methyl sites for hydroxylation is 1. The van der Waals surface area contributed by atoms with Crippen LogP contribution in [0.4, 0.5) is 5.69 Å². The van der Waals surface area contributed by atoms with Gasteiger partial charge >= 0.3 is 5.69 Å². The molecule has 1 atom stereocenters. The number of rotatable bonds is 7. The van der Waals surface area contributed by atoms with Crippen LogP contribution in [0.5, 0.6) is 0 Å². The van der Waals surface area contributed by atoms with E-state index in [0.717, 1.165) is 23.8 Å². The fraction of sp³-hybridized carbons (Fsp3) is 0.500. The van der Waals surface area contributed by atoms with Gasteiger partial charge in [0.05, 0.1) is 23.4 Å². The van der Waals surface area contributed by atoms with Crippen molar-refractivity contribution in [2.24, 2.45) is 14.1 Å². The summed E-state index contributed by atoms with van der Waals surface area (Å²) in [5.74, 6) is -0.294. The highest BCUT2D eigenvalue weighted by Crippen LogP contribution is 2.16. The van der Waals surface area contributed by atoms with Crippen LogP contribution in [0, 0.1) is 0 Å². The van der Waals surface area contributed by atoms with E-state index in [1.807, 2.05) is 0 Å². The molecule has 1 amide bonds. The lowest BCUT2D eigenvalue weighted by Gasteiger charge is -2.12. The maximum absolute atomic E-state index is 12.1. The van der Waals surface area contributed by atoms with Crippen molar-refractivity contribution in [3.63, 3.8) is 0 Å². The van der Waals surface area contributed by atoms with Crippen molar-refractivity contribution in [1.82, 2.24) is 9.13 Å². The molecule has 25 heavy (non-hydrogen) atoms. The third-order valence-electron chi connectivity index (χ3n) is 4.31. The summed E-state index contributed by atoms with van der Waals surface area (Å²) in [6, 6.07) is 4.81. The monoisotopic (exact) mass is 347 g/mol. The number of aromatic nitrogens is 2. The Morgan fingerprint density at radius 2 is 1.92 bits per heavy atom. The number of aliphatic hydroxyl groups is 1. The first-order chi connectivity index (χ1) is 11.8. The molecule has 0 saturated heterocycles. The molecule has 136 valence electrons. The summed E-state index contributed by atoms with van der Waals surface area (Å²) in [5, 5.41) is 13.0. The number of fused-ring (bicyclic) bond motifs is 1. The number of nitrogens with one attached hydrogen (secondary N) is 1. The Kier molecular flexibility index (Phi) is 6.14. The highest BCUT2D eigenvalue weighted by atomic mass is 16.3. The Labute approximate surface area is 145 Å². The zero-order valence-electron chi connectivity index (χ0n) is 14.9. The molecule has 0 saturated carbocycles. The average Bonchev–Trinajstić information content (AvgIpc) is 2.58. The molecule has 1 heterocycles. The van der Waals surface area contributed by atoms with Crippen LogP contribution >= 0.6 is 0 Å². The molecule has 0 radical (unpaired) electrons. The van der Waals surface area contributed by atoms with Gasteiger partial charge in [0, 0.05) is 19.8 Å². The van der Waals surface area contributed by atoms with E-state index < -0.39 is 11.8 Å². The van der Waals surface area contributed by atoms with Gasteiger partial charge in [-0.3, -0.25) is 18.7 Å². The summed E-state index contributed by atoms with van der Waals surface area (Å²) < 4.78 is 2.42. The number of anilines is 1. The minimum Gasteiger partial charge on any atom is -0.393 e. The van der Waals surface area contributed by atoms with Crippen molar-refractivity contribution in [1.29, 1.82) is 0 Å². The Morgan fingerprint density at radius 1 is 1.20 bits per heavy atom. The van der Waals surface area contributed by atoms with E-state index >= 15 is 0 Å². The largest absolute Gasteiger partial charge is 0.393 e. The van der Waals surface area contributed by atoms with Gasteiger partial charge in [0.25, 0.3) is 5.56 Å². The normalized spacial score (nSPS) is 12.3. The fourth-order valence-corrected chi connectivity index (χ4v) is 2.82. The molecule has 1 aromatic heterocycles. The maximum Gasteiger partial charge on any atom is 0.330 e. The van der Waals surface area contributed by atoms with Gasteiger partial charge in [-0.2, -0.15) is 0 Å². The van der Waals surface area contributed by atoms with E-state index in [1.54, 1.807) is 25.2 Å². The number of hydrogen-bond acceptors (Lipinski definition) is 4. The lowest BCUT2D eigenvalue weighted by Crippen LogP contribution is -2.36. The van der Waals surface area contributed by atoms with Crippen LogP contribution in [0.1, 0.15) is 39.0 Å². The van der Waals surface area contributed by atoms with Crippen LogP contribution in [0.2, 0.25) is 0 Å². The molecular weight excluding hydrogens is 322 g/mol. The minimum atomic E-state index is -0.663. The average molecular weight is 347 g/mol. The van der Waals surface area contributed by atoms with E-state index in [9.17, 15) is 19.5 Å². The molecular formula is C18H25N3O4. The second kappa shape index (κ2) is 8.11. The van der Waals surface area contributed by atoms with Gasteiger partial charge in [0.2, 0.25) is 5.91 Å². The number of aliphatic hydroxyl groups excluding tert-OH is 1. The lowest BCUT2D eigenvalue weighted by molar-refractivity contribution is -0.118. The third kappa shape index (κ3) is 4.36. The molecule has 0 fully saturated rings. The van der Waals surface area contributed by atoms with Crippen molar-refractivity contribution in [3.05, 3.63) is 39.0 Å². The van der Waals surface area contributed by atoms with Gasteiger partial charge in [-0.25, -0.2) is 4.79 Å².